The lowest BCUT2D eigenvalue weighted by Gasteiger charge is -2.18. The zero-order valence-corrected chi connectivity index (χ0v) is 52.6. The fraction of sp³-hybridized carbons (Fsp3) is 0.795. The third kappa shape index (κ3) is 65.5. The SMILES string of the molecule is CC/C=C\C/C=C\C/C=C\C/C=C\CCCCCCCCCCCCCCCCCCCCC(=O)OCC(COC(=O)CCCCCCC)OC(=O)CCCCCCCCCCCCCCC/C=C\C/C=C\CCCCCCC. The molecular formula is C73H130O6. The lowest BCUT2D eigenvalue weighted by Crippen LogP contribution is -2.30. The van der Waals surface area contributed by atoms with E-state index in [-0.39, 0.29) is 31.1 Å². The molecule has 0 aromatic rings. The molecule has 0 aromatic carbocycles. The molecule has 0 amide bonds. The topological polar surface area (TPSA) is 78.9 Å². The molecule has 0 aromatic heterocycles. The number of esters is 3. The predicted molar refractivity (Wildman–Crippen MR) is 344 cm³/mol. The molecule has 6 heteroatoms. The highest BCUT2D eigenvalue weighted by Crippen LogP contribution is 2.18. The predicted octanol–water partition coefficient (Wildman–Crippen LogP) is 23.7. The van der Waals surface area contributed by atoms with Crippen molar-refractivity contribution in [1.29, 1.82) is 0 Å². The van der Waals surface area contributed by atoms with Gasteiger partial charge in [-0.2, -0.15) is 0 Å². The van der Waals surface area contributed by atoms with Gasteiger partial charge in [-0.3, -0.25) is 14.4 Å². The molecule has 0 saturated carbocycles. The molecule has 458 valence electrons. The quantitative estimate of drug-likeness (QED) is 0.0261. The minimum Gasteiger partial charge on any atom is -0.462 e. The maximum atomic E-state index is 12.9. The summed E-state index contributed by atoms with van der Waals surface area (Å²) in [6.45, 7) is 6.48. The van der Waals surface area contributed by atoms with E-state index in [9.17, 15) is 14.4 Å². The summed E-state index contributed by atoms with van der Waals surface area (Å²) >= 11 is 0. The summed E-state index contributed by atoms with van der Waals surface area (Å²) in [6, 6.07) is 0. The molecule has 0 aliphatic carbocycles. The van der Waals surface area contributed by atoms with E-state index in [1.54, 1.807) is 0 Å². The summed E-state index contributed by atoms with van der Waals surface area (Å²) < 4.78 is 16.8. The molecule has 0 radical (unpaired) electrons. The standard InChI is InChI=1S/C73H130O6/c1-4-7-10-13-15-17-19-21-23-25-27-29-31-33-34-35-36-37-38-40-41-43-45-47-49-51-53-55-57-60-63-66-72(75)78-69-70(68-77-71(74)65-62-59-12-9-6-3)79-73(76)67-64-61-58-56-54-52-50-48-46-44-42-39-32-30-28-26-24-22-20-18-16-14-11-8-5-2/h7,10,15,17,20-23,26-29,70H,4-6,8-9,11-14,16,18-19,24-25,30-69H2,1-3H3/b10-7-,17-15-,22-20-,23-21-,28-26-,29-27-. The molecule has 0 saturated heterocycles. The van der Waals surface area contributed by atoms with Gasteiger partial charge in [-0.1, -0.05) is 318 Å². The number of unbranched alkanes of at least 4 members (excludes halogenated alkanes) is 40. The van der Waals surface area contributed by atoms with Crippen LogP contribution in [0.3, 0.4) is 0 Å². The van der Waals surface area contributed by atoms with Crippen LogP contribution in [0.1, 0.15) is 355 Å². The Balaban J connectivity index is 3.95. The number of carbonyl (C=O) groups excluding carboxylic acids is 3. The number of hydrogen-bond donors (Lipinski definition) is 0. The van der Waals surface area contributed by atoms with Crippen molar-refractivity contribution in [3.05, 3.63) is 72.9 Å². The molecule has 0 aliphatic heterocycles. The average Bonchev–Trinajstić information content (AvgIpc) is 3.45. The maximum Gasteiger partial charge on any atom is 0.306 e. The zero-order chi connectivity index (χ0) is 57.1. The van der Waals surface area contributed by atoms with Crippen molar-refractivity contribution in [2.45, 2.75) is 361 Å². The number of rotatable bonds is 63. The van der Waals surface area contributed by atoms with Crippen LogP contribution in [0.25, 0.3) is 0 Å². The highest BCUT2D eigenvalue weighted by atomic mass is 16.6. The molecule has 79 heavy (non-hydrogen) atoms. The first-order valence-electron chi connectivity index (χ1n) is 34.4. The summed E-state index contributed by atoms with van der Waals surface area (Å²) in [5.74, 6) is -0.868. The Morgan fingerprint density at radius 3 is 0.772 bits per heavy atom. The highest BCUT2D eigenvalue weighted by molar-refractivity contribution is 5.71. The lowest BCUT2D eigenvalue weighted by molar-refractivity contribution is -0.167. The molecule has 1 atom stereocenters. The van der Waals surface area contributed by atoms with Gasteiger partial charge in [0.1, 0.15) is 13.2 Å². The van der Waals surface area contributed by atoms with Gasteiger partial charge in [0.2, 0.25) is 0 Å². The van der Waals surface area contributed by atoms with Crippen molar-refractivity contribution in [3.8, 4) is 0 Å². The second-order valence-electron chi connectivity index (χ2n) is 23.1. The van der Waals surface area contributed by atoms with Crippen LogP contribution in [0.15, 0.2) is 72.9 Å². The van der Waals surface area contributed by atoms with Crippen LogP contribution in [-0.2, 0) is 28.6 Å². The Kier molecular flexibility index (Phi) is 64.7. The summed E-state index contributed by atoms with van der Waals surface area (Å²) in [7, 11) is 0. The highest BCUT2D eigenvalue weighted by Gasteiger charge is 2.19. The summed E-state index contributed by atoms with van der Waals surface area (Å²) in [4.78, 5) is 38.0. The second-order valence-corrected chi connectivity index (χ2v) is 23.1. The minimum absolute atomic E-state index is 0.0712. The number of hydrogen-bond acceptors (Lipinski definition) is 6. The molecule has 0 heterocycles. The van der Waals surface area contributed by atoms with Crippen molar-refractivity contribution in [2.24, 2.45) is 0 Å². The van der Waals surface area contributed by atoms with E-state index < -0.39 is 6.10 Å². The smallest absolute Gasteiger partial charge is 0.306 e. The zero-order valence-electron chi connectivity index (χ0n) is 52.6. The summed E-state index contributed by atoms with van der Waals surface area (Å²) in [6.07, 6.45) is 88.4. The summed E-state index contributed by atoms with van der Waals surface area (Å²) in [5.41, 5.74) is 0. The van der Waals surface area contributed by atoms with E-state index in [0.717, 1.165) is 96.3 Å². The van der Waals surface area contributed by atoms with E-state index in [1.807, 2.05) is 0 Å². The normalized spacial score (nSPS) is 12.5. The van der Waals surface area contributed by atoms with Gasteiger partial charge in [0.05, 0.1) is 0 Å². The lowest BCUT2D eigenvalue weighted by atomic mass is 10.0. The first-order valence-corrected chi connectivity index (χ1v) is 34.4. The molecule has 0 rings (SSSR count). The molecule has 0 N–H and O–H groups in total. The molecule has 1 unspecified atom stereocenters. The second kappa shape index (κ2) is 67.4. The van der Waals surface area contributed by atoms with E-state index in [2.05, 4.69) is 93.7 Å². The minimum atomic E-state index is -0.770. The van der Waals surface area contributed by atoms with E-state index in [1.165, 1.54) is 218 Å². The Morgan fingerprint density at radius 2 is 0.494 bits per heavy atom. The molecule has 6 nitrogen and oxygen atoms in total. The molecule has 0 aliphatic rings. The first kappa shape index (κ1) is 75.8. The van der Waals surface area contributed by atoms with Crippen molar-refractivity contribution >= 4 is 17.9 Å². The van der Waals surface area contributed by atoms with Gasteiger partial charge in [0.15, 0.2) is 6.10 Å². The summed E-state index contributed by atoms with van der Waals surface area (Å²) in [5, 5.41) is 0. The van der Waals surface area contributed by atoms with Crippen LogP contribution < -0.4 is 0 Å². The van der Waals surface area contributed by atoms with Crippen LogP contribution in [0, 0.1) is 0 Å². The largest absolute Gasteiger partial charge is 0.462 e. The number of carbonyl (C=O) groups is 3. The Hall–Kier alpha value is -3.15. The van der Waals surface area contributed by atoms with Crippen molar-refractivity contribution < 1.29 is 28.6 Å². The maximum absolute atomic E-state index is 12.9. The van der Waals surface area contributed by atoms with Gasteiger partial charge in [-0.05, 0) is 89.9 Å². The third-order valence-electron chi connectivity index (χ3n) is 15.2. The van der Waals surface area contributed by atoms with Gasteiger partial charge in [0.25, 0.3) is 0 Å². The van der Waals surface area contributed by atoms with Gasteiger partial charge >= 0.3 is 17.9 Å². The van der Waals surface area contributed by atoms with Crippen molar-refractivity contribution in [1.82, 2.24) is 0 Å². The first-order chi connectivity index (χ1) is 39.0. The molecular weight excluding hydrogens is 973 g/mol. The van der Waals surface area contributed by atoms with Crippen molar-refractivity contribution in [3.63, 3.8) is 0 Å². The van der Waals surface area contributed by atoms with Crippen LogP contribution in [0.5, 0.6) is 0 Å². The third-order valence-corrected chi connectivity index (χ3v) is 15.2. The van der Waals surface area contributed by atoms with Gasteiger partial charge in [-0.15, -0.1) is 0 Å². The van der Waals surface area contributed by atoms with Crippen LogP contribution >= 0.6 is 0 Å². The fourth-order valence-electron chi connectivity index (χ4n) is 10.1. The molecule has 0 fully saturated rings. The molecule has 0 bridgehead atoms. The average molecular weight is 1100 g/mol. The molecule has 0 spiro atoms. The van der Waals surface area contributed by atoms with E-state index in [4.69, 9.17) is 14.2 Å². The van der Waals surface area contributed by atoms with E-state index in [0.29, 0.717) is 19.3 Å². The Bertz CT molecular complexity index is 1450. The van der Waals surface area contributed by atoms with Crippen LogP contribution in [0.2, 0.25) is 0 Å². The Labute approximate surface area is 491 Å². The van der Waals surface area contributed by atoms with E-state index >= 15 is 0 Å². The monoisotopic (exact) mass is 1100 g/mol. The van der Waals surface area contributed by atoms with Gasteiger partial charge in [0, 0.05) is 19.3 Å². The van der Waals surface area contributed by atoms with Crippen molar-refractivity contribution in [2.75, 3.05) is 13.2 Å². The van der Waals surface area contributed by atoms with Crippen LogP contribution in [-0.4, -0.2) is 37.2 Å². The Morgan fingerprint density at radius 1 is 0.266 bits per heavy atom. The fourth-order valence-corrected chi connectivity index (χ4v) is 10.1. The number of allylic oxidation sites excluding steroid dienone is 12. The number of ether oxygens (including phenoxy) is 3. The van der Waals surface area contributed by atoms with Crippen LogP contribution in [0.4, 0.5) is 0 Å². The van der Waals surface area contributed by atoms with Gasteiger partial charge < -0.3 is 14.2 Å². The van der Waals surface area contributed by atoms with Gasteiger partial charge in [-0.25, -0.2) is 0 Å².